The summed E-state index contributed by atoms with van der Waals surface area (Å²) < 4.78 is 39.6. The van der Waals surface area contributed by atoms with Gasteiger partial charge in [0.2, 0.25) is 0 Å². The Labute approximate surface area is 98.3 Å². The van der Waals surface area contributed by atoms with Crippen molar-refractivity contribution in [1.82, 2.24) is 0 Å². The molecule has 2 unspecified atom stereocenters. The number of rotatable bonds is 1. The zero-order valence-electron chi connectivity index (χ0n) is 9.43. The summed E-state index contributed by atoms with van der Waals surface area (Å²) in [7, 11) is 0. The van der Waals surface area contributed by atoms with Crippen molar-refractivity contribution in [3.05, 3.63) is 35.1 Å². The third-order valence-corrected chi connectivity index (χ3v) is 3.40. The minimum Gasteiger partial charge on any atom is -0.393 e. The molecule has 1 fully saturated rings. The van der Waals surface area contributed by atoms with Gasteiger partial charge >= 0.3 is 0 Å². The van der Waals surface area contributed by atoms with Crippen LogP contribution in [0.3, 0.4) is 0 Å². The first-order chi connectivity index (χ1) is 8.09. The molecule has 17 heavy (non-hydrogen) atoms. The maximum Gasteiger partial charge on any atom is 0.194 e. The molecule has 1 N–H and O–H groups in total. The number of aliphatic hydroxyl groups is 1. The van der Waals surface area contributed by atoms with Crippen molar-refractivity contribution in [3.8, 4) is 0 Å². The smallest absolute Gasteiger partial charge is 0.194 e. The molecule has 0 heterocycles. The van der Waals surface area contributed by atoms with Crippen molar-refractivity contribution in [1.29, 1.82) is 0 Å². The van der Waals surface area contributed by atoms with Crippen LogP contribution in [-0.4, -0.2) is 11.2 Å². The van der Waals surface area contributed by atoms with Gasteiger partial charge in [0.1, 0.15) is 0 Å². The second-order valence-corrected chi connectivity index (χ2v) is 4.64. The first kappa shape index (κ1) is 12.4. The van der Waals surface area contributed by atoms with Crippen LogP contribution in [0.4, 0.5) is 13.2 Å². The highest BCUT2D eigenvalue weighted by atomic mass is 19.2. The van der Waals surface area contributed by atoms with E-state index in [0.29, 0.717) is 19.3 Å². The maximum atomic E-state index is 13.6. The zero-order valence-corrected chi connectivity index (χ0v) is 9.43. The molecule has 0 radical (unpaired) electrons. The van der Waals surface area contributed by atoms with Crippen LogP contribution in [-0.2, 0) is 0 Å². The molecule has 94 valence electrons. The van der Waals surface area contributed by atoms with Gasteiger partial charge in [-0.2, -0.15) is 0 Å². The molecule has 0 bridgehead atoms. The van der Waals surface area contributed by atoms with Crippen LogP contribution in [0.25, 0.3) is 0 Å². The Morgan fingerprint density at radius 3 is 2.47 bits per heavy atom. The first-order valence-corrected chi connectivity index (χ1v) is 5.91. The van der Waals surface area contributed by atoms with Gasteiger partial charge < -0.3 is 5.11 Å². The quantitative estimate of drug-likeness (QED) is 0.592. The predicted molar refractivity (Wildman–Crippen MR) is 58.1 cm³/mol. The van der Waals surface area contributed by atoms with Crippen molar-refractivity contribution >= 4 is 0 Å². The van der Waals surface area contributed by atoms with Gasteiger partial charge in [0, 0.05) is 0 Å². The summed E-state index contributed by atoms with van der Waals surface area (Å²) in [6.45, 7) is 0. The second-order valence-electron chi connectivity index (χ2n) is 4.64. The Morgan fingerprint density at radius 1 is 1.00 bits per heavy atom. The summed E-state index contributed by atoms with van der Waals surface area (Å²) in [6.07, 6.45) is 3.11. The lowest BCUT2D eigenvalue weighted by atomic mass is 9.90. The fraction of sp³-hybridized carbons (Fsp3) is 0.538. The second kappa shape index (κ2) is 5.08. The van der Waals surface area contributed by atoms with E-state index in [1.165, 1.54) is 6.07 Å². The molecule has 0 saturated heterocycles. The summed E-state index contributed by atoms with van der Waals surface area (Å²) in [5.41, 5.74) is 0.185. The third kappa shape index (κ3) is 2.63. The molecule has 0 aliphatic heterocycles. The Kier molecular flexibility index (Phi) is 3.72. The van der Waals surface area contributed by atoms with Gasteiger partial charge in [-0.3, -0.25) is 0 Å². The van der Waals surface area contributed by atoms with E-state index in [4.69, 9.17) is 0 Å². The van der Waals surface area contributed by atoms with Crippen LogP contribution in [0.2, 0.25) is 0 Å². The minimum absolute atomic E-state index is 0.185. The van der Waals surface area contributed by atoms with E-state index in [-0.39, 0.29) is 11.5 Å². The number of hydrogen-bond donors (Lipinski definition) is 1. The van der Waals surface area contributed by atoms with E-state index in [1.54, 1.807) is 0 Å². The molecular formula is C13H15F3O. The molecule has 0 aromatic heterocycles. The van der Waals surface area contributed by atoms with Gasteiger partial charge in [-0.05, 0) is 36.8 Å². The molecule has 0 spiro atoms. The normalized spacial score (nSPS) is 25.6. The van der Waals surface area contributed by atoms with E-state index >= 15 is 0 Å². The zero-order chi connectivity index (χ0) is 12.4. The van der Waals surface area contributed by atoms with Crippen molar-refractivity contribution < 1.29 is 18.3 Å². The number of halogens is 3. The molecule has 1 saturated carbocycles. The lowest BCUT2D eigenvalue weighted by Crippen LogP contribution is -2.11. The van der Waals surface area contributed by atoms with Gasteiger partial charge in [0.15, 0.2) is 17.5 Å². The maximum absolute atomic E-state index is 13.6. The highest BCUT2D eigenvalue weighted by Crippen LogP contribution is 2.34. The van der Waals surface area contributed by atoms with Crippen molar-refractivity contribution in [2.24, 2.45) is 0 Å². The molecule has 1 aliphatic carbocycles. The van der Waals surface area contributed by atoms with E-state index < -0.39 is 23.6 Å². The lowest BCUT2D eigenvalue weighted by molar-refractivity contribution is 0.151. The van der Waals surface area contributed by atoms with Crippen LogP contribution in [0.15, 0.2) is 12.1 Å². The van der Waals surface area contributed by atoms with Crippen LogP contribution in [0.5, 0.6) is 0 Å². The topological polar surface area (TPSA) is 20.2 Å². The molecular weight excluding hydrogens is 229 g/mol. The Morgan fingerprint density at radius 2 is 1.71 bits per heavy atom. The van der Waals surface area contributed by atoms with Crippen LogP contribution in [0, 0.1) is 17.5 Å². The predicted octanol–water partition coefficient (Wildman–Crippen LogP) is 3.51. The van der Waals surface area contributed by atoms with Crippen LogP contribution >= 0.6 is 0 Å². The SMILES string of the molecule is OC1CCCCC(c2ccc(F)c(F)c2F)C1. The Balaban J connectivity index is 2.29. The van der Waals surface area contributed by atoms with Crippen molar-refractivity contribution in [2.45, 2.75) is 44.1 Å². The minimum atomic E-state index is -1.42. The number of hydrogen-bond acceptors (Lipinski definition) is 1. The van der Waals surface area contributed by atoms with E-state index in [0.717, 1.165) is 18.9 Å². The molecule has 2 rings (SSSR count). The average Bonchev–Trinajstić information content (AvgIpc) is 2.51. The summed E-state index contributed by atoms with van der Waals surface area (Å²) in [6, 6.07) is 2.24. The van der Waals surface area contributed by atoms with Crippen LogP contribution in [0.1, 0.15) is 43.6 Å². The largest absolute Gasteiger partial charge is 0.393 e. The fourth-order valence-electron chi connectivity index (χ4n) is 2.47. The summed E-state index contributed by atoms with van der Waals surface area (Å²) in [4.78, 5) is 0. The van der Waals surface area contributed by atoms with Gasteiger partial charge in [0.25, 0.3) is 0 Å². The summed E-state index contributed by atoms with van der Waals surface area (Å²) in [5.74, 6) is -3.91. The van der Waals surface area contributed by atoms with E-state index in [2.05, 4.69) is 0 Å². The van der Waals surface area contributed by atoms with Gasteiger partial charge in [-0.1, -0.05) is 18.9 Å². The molecule has 1 aliphatic rings. The Hall–Kier alpha value is -1.03. The van der Waals surface area contributed by atoms with Crippen molar-refractivity contribution in [3.63, 3.8) is 0 Å². The highest BCUT2D eigenvalue weighted by molar-refractivity contribution is 5.24. The molecule has 2 atom stereocenters. The van der Waals surface area contributed by atoms with Crippen molar-refractivity contribution in [2.75, 3.05) is 0 Å². The molecule has 1 aromatic carbocycles. The van der Waals surface area contributed by atoms with Gasteiger partial charge in [-0.25, -0.2) is 13.2 Å². The molecule has 1 aromatic rings. The number of aliphatic hydroxyl groups excluding tert-OH is 1. The molecule has 1 nitrogen and oxygen atoms in total. The third-order valence-electron chi connectivity index (χ3n) is 3.40. The molecule has 0 amide bonds. The monoisotopic (exact) mass is 244 g/mol. The average molecular weight is 244 g/mol. The van der Waals surface area contributed by atoms with E-state index in [9.17, 15) is 18.3 Å². The summed E-state index contributed by atoms with van der Waals surface area (Å²) in [5, 5.41) is 9.65. The van der Waals surface area contributed by atoms with Gasteiger partial charge in [0.05, 0.1) is 6.10 Å². The standard InChI is InChI=1S/C13H15F3O/c14-11-6-5-10(12(15)13(11)16)8-3-1-2-4-9(17)7-8/h5-6,8-9,17H,1-4,7H2. The molecule has 4 heteroatoms. The lowest BCUT2D eigenvalue weighted by Gasteiger charge is -2.17. The summed E-state index contributed by atoms with van der Waals surface area (Å²) >= 11 is 0. The number of benzene rings is 1. The first-order valence-electron chi connectivity index (χ1n) is 5.91. The highest BCUT2D eigenvalue weighted by Gasteiger charge is 2.24. The fourth-order valence-corrected chi connectivity index (χ4v) is 2.47. The van der Waals surface area contributed by atoms with E-state index in [1.807, 2.05) is 0 Å². The van der Waals surface area contributed by atoms with Gasteiger partial charge in [-0.15, -0.1) is 0 Å². The Bertz CT molecular complexity index is 406. The van der Waals surface area contributed by atoms with Crippen LogP contribution < -0.4 is 0 Å².